The Bertz CT molecular complexity index is 888. The smallest absolute Gasteiger partial charge is 0.270 e. The molecule has 0 saturated carbocycles. The molecule has 0 fully saturated rings. The van der Waals surface area contributed by atoms with E-state index in [0.717, 1.165) is 0 Å². The molecule has 8 heteroatoms. The van der Waals surface area contributed by atoms with Crippen molar-refractivity contribution in [1.29, 1.82) is 5.26 Å². The summed E-state index contributed by atoms with van der Waals surface area (Å²) in [6.07, 6.45) is 1.55. The summed E-state index contributed by atoms with van der Waals surface area (Å²) in [5, 5.41) is 30.2. The van der Waals surface area contributed by atoms with Crippen LogP contribution in [0.1, 0.15) is 11.1 Å². The first-order chi connectivity index (χ1) is 11.4. The third-order valence-corrected chi connectivity index (χ3v) is 5.34. The fourth-order valence-corrected chi connectivity index (χ4v) is 2.84. The second-order valence-electron chi connectivity index (χ2n) is 4.62. The fraction of sp³-hybridized carbons (Fsp3) is 0.0625. The van der Waals surface area contributed by atoms with Crippen LogP contribution in [0.3, 0.4) is 0 Å². The lowest BCUT2D eigenvalue weighted by Gasteiger charge is -2.10. The summed E-state index contributed by atoms with van der Waals surface area (Å²) in [5.41, 5.74) is 1.12. The molecule has 0 atom stereocenters. The number of rotatable bonds is 4. The van der Waals surface area contributed by atoms with E-state index in [-0.39, 0.29) is 22.8 Å². The van der Waals surface area contributed by atoms with Crippen LogP contribution >= 0.6 is 31.9 Å². The maximum atomic E-state index is 10.9. The van der Waals surface area contributed by atoms with Crippen LogP contribution in [0.25, 0.3) is 11.6 Å². The fourth-order valence-electron chi connectivity index (χ4n) is 2.00. The first-order valence-electron chi connectivity index (χ1n) is 6.50. The number of ether oxygens (including phenoxy) is 1. The van der Waals surface area contributed by atoms with Gasteiger partial charge in [-0.25, -0.2) is 0 Å². The maximum Gasteiger partial charge on any atom is 0.270 e. The average molecular weight is 454 g/mol. The van der Waals surface area contributed by atoms with E-state index in [0.29, 0.717) is 20.1 Å². The molecule has 0 saturated heterocycles. The number of phenols is 1. The zero-order chi connectivity index (χ0) is 17.9. The molecule has 1 N–H and O–H groups in total. The Morgan fingerprint density at radius 3 is 2.67 bits per heavy atom. The monoisotopic (exact) mass is 452 g/mol. The van der Waals surface area contributed by atoms with Crippen molar-refractivity contribution in [2.75, 3.05) is 7.11 Å². The highest BCUT2D eigenvalue weighted by Crippen LogP contribution is 2.42. The minimum Gasteiger partial charge on any atom is -0.503 e. The van der Waals surface area contributed by atoms with Gasteiger partial charge in [-0.3, -0.25) is 10.1 Å². The van der Waals surface area contributed by atoms with Gasteiger partial charge in [0.1, 0.15) is 0 Å². The van der Waals surface area contributed by atoms with E-state index in [1.807, 2.05) is 6.07 Å². The van der Waals surface area contributed by atoms with Crippen LogP contribution in [0, 0.1) is 21.4 Å². The number of non-ortho nitro benzene ring substituents is 1. The molecule has 2 aromatic rings. The van der Waals surface area contributed by atoms with E-state index in [2.05, 4.69) is 31.9 Å². The number of aromatic hydroxyl groups is 1. The Morgan fingerprint density at radius 1 is 1.38 bits per heavy atom. The average Bonchev–Trinajstić information content (AvgIpc) is 2.59. The Hall–Kier alpha value is -2.37. The molecular formula is C16H10Br2N2O4. The van der Waals surface area contributed by atoms with Gasteiger partial charge in [0, 0.05) is 16.6 Å². The van der Waals surface area contributed by atoms with Gasteiger partial charge in [-0.15, -0.1) is 0 Å². The van der Waals surface area contributed by atoms with Crippen molar-refractivity contribution in [2.45, 2.75) is 0 Å². The molecule has 0 spiro atoms. The molecule has 2 aromatic carbocycles. The van der Waals surface area contributed by atoms with Crippen molar-refractivity contribution in [2.24, 2.45) is 0 Å². The molecule has 6 nitrogen and oxygen atoms in total. The lowest BCUT2D eigenvalue weighted by atomic mass is 10.0. The molecule has 2 rings (SSSR count). The first kappa shape index (κ1) is 18.0. The number of benzene rings is 2. The van der Waals surface area contributed by atoms with Gasteiger partial charge in [-0.05, 0) is 55.1 Å². The summed E-state index contributed by atoms with van der Waals surface area (Å²) in [4.78, 5) is 10.4. The molecule has 122 valence electrons. The highest BCUT2D eigenvalue weighted by molar-refractivity contribution is 9.13. The van der Waals surface area contributed by atoms with E-state index in [1.54, 1.807) is 18.2 Å². The Balaban J connectivity index is 2.60. The van der Waals surface area contributed by atoms with E-state index in [9.17, 15) is 20.5 Å². The minimum atomic E-state index is -0.519. The largest absolute Gasteiger partial charge is 0.503 e. The van der Waals surface area contributed by atoms with Gasteiger partial charge >= 0.3 is 0 Å². The van der Waals surface area contributed by atoms with Crippen LogP contribution in [0.15, 0.2) is 39.3 Å². The molecule has 0 aliphatic carbocycles. The Kier molecular flexibility index (Phi) is 5.59. The van der Waals surface area contributed by atoms with Crippen molar-refractivity contribution < 1.29 is 14.8 Å². The van der Waals surface area contributed by atoms with Crippen LogP contribution in [0.5, 0.6) is 11.5 Å². The number of nitro groups is 1. The molecule has 0 aromatic heterocycles. The third-order valence-electron chi connectivity index (χ3n) is 3.18. The van der Waals surface area contributed by atoms with Crippen molar-refractivity contribution in [3.63, 3.8) is 0 Å². The topological polar surface area (TPSA) is 96.4 Å². The SMILES string of the molecule is COc1cc(/C=C(/C#N)c2cccc([N+](=O)[O-])c2)c(Br)c(Br)c1O. The number of hydrogen-bond acceptors (Lipinski definition) is 5. The molecule has 0 bridgehead atoms. The molecule has 0 unspecified atom stereocenters. The molecular weight excluding hydrogens is 444 g/mol. The predicted octanol–water partition coefficient (Wildman–Crippen LogP) is 4.90. The number of nitro benzene ring substituents is 1. The first-order valence-corrected chi connectivity index (χ1v) is 8.09. The minimum absolute atomic E-state index is 0.0737. The van der Waals surface area contributed by atoms with Crippen molar-refractivity contribution in [3.8, 4) is 17.6 Å². The lowest BCUT2D eigenvalue weighted by molar-refractivity contribution is -0.384. The van der Waals surface area contributed by atoms with Gasteiger partial charge in [-0.1, -0.05) is 12.1 Å². The number of allylic oxidation sites excluding steroid dienone is 1. The summed E-state index contributed by atoms with van der Waals surface area (Å²) in [6, 6.07) is 9.40. The highest BCUT2D eigenvalue weighted by Gasteiger charge is 2.15. The standard InChI is InChI=1S/C16H10Br2N2O4/c1-24-13-7-10(14(17)15(18)16(13)21)5-11(8-19)9-3-2-4-12(6-9)20(22)23/h2-7,21H,1H3/b11-5-. The zero-order valence-electron chi connectivity index (χ0n) is 12.3. The van der Waals surface area contributed by atoms with Crippen LogP contribution in [-0.2, 0) is 0 Å². The van der Waals surface area contributed by atoms with Gasteiger partial charge in [0.05, 0.1) is 28.1 Å². The lowest BCUT2D eigenvalue weighted by Crippen LogP contribution is -1.91. The summed E-state index contributed by atoms with van der Waals surface area (Å²) >= 11 is 6.58. The number of nitriles is 1. The maximum absolute atomic E-state index is 10.9. The van der Waals surface area contributed by atoms with Crippen LogP contribution < -0.4 is 4.74 Å². The molecule has 0 aliphatic heterocycles. The van der Waals surface area contributed by atoms with E-state index >= 15 is 0 Å². The van der Waals surface area contributed by atoms with E-state index in [4.69, 9.17) is 4.74 Å². The third kappa shape index (κ3) is 3.58. The van der Waals surface area contributed by atoms with Gasteiger partial charge < -0.3 is 9.84 Å². The summed E-state index contributed by atoms with van der Waals surface area (Å²) in [6.45, 7) is 0. The molecule has 0 amide bonds. The van der Waals surface area contributed by atoms with Gasteiger partial charge in [0.15, 0.2) is 11.5 Å². The van der Waals surface area contributed by atoms with Crippen LogP contribution in [0.2, 0.25) is 0 Å². The summed E-state index contributed by atoms with van der Waals surface area (Å²) < 4.78 is 6.00. The normalized spacial score (nSPS) is 11.0. The van der Waals surface area contributed by atoms with Crippen molar-refractivity contribution >= 4 is 49.2 Å². The molecule has 0 radical (unpaired) electrons. The van der Waals surface area contributed by atoms with Crippen LogP contribution in [-0.4, -0.2) is 17.1 Å². The number of hydrogen-bond donors (Lipinski definition) is 1. The molecule has 0 aliphatic rings. The van der Waals surface area contributed by atoms with Crippen molar-refractivity contribution in [1.82, 2.24) is 0 Å². The van der Waals surface area contributed by atoms with Gasteiger partial charge in [0.2, 0.25) is 0 Å². The van der Waals surface area contributed by atoms with E-state index in [1.165, 1.54) is 25.3 Å². The second-order valence-corrected chi connectivity index (χ2v) is 6.21. The van der Waals surface area contributed by atoms with Crippen molar-refractivity contribution in [3.05, 3.63) is 60.5 Å². The number of methoxy groups -OCH3 is 1. The number of halogens is 2. The van der Waals surface area contributed by atoms with E-state index < -0.39 is 4.92 Å². The molecule has 24 heavy (non-hydrogen) atoms. The quantitative estimate of drug-likeness (QED) is 0.307. The zero-order valence-corrected chi connectivity index (χ0v) is 15.5. The van der Waals surface area contributed by atoms with Crippen LogP contribution in [0.4, 0.5) is 5.69 Å². The predicted molar refractivity (Wildman–Crippen MR) is 96.6 cm³/mol. The Morgan fingerprint density at radius 2 is 2.08 bits per heavy atom. The number of nitrogens with zero attached hydrogens (tertiary/aromatic N) is 2. The van der Waals surface area contributed by atoms with Gasteiger partial charge in [-0.2, -0.15) is 5.26 Å². The summed E-state index contributed by atoms with van der Waals surface area (Å²) in [5.74, 6) is 0.156. The highest BCUT2D eigenvalue weighted by atomic mass is 79.9. The van der Waals surface area contributed by atoms with Gasteiger partial charge in [0.25, 0.3) is 5.69 Å². The summed E-state index contributed by atoms with van der Waals surface area (Å²) in [7, 11) is 1.41. The second kappa shape index (κ2) is 7.47. The molecule has 0 heterocycles. The Labute approximate surface area is 154 Å². The number of phenolic OH excluding ortho intramolecular Hbond substituents is 1.